The lowest BCUT2D eigenvalue weighted by Gasteiger charge is -2.10. The van der Waals surface area contributed by atoms with Gasteiger partial charge in [0.05, 0.1) is 19.0 Å². The number of rotatable bonds is 6. The highest BCUT2D eigenvalue weighted by Gasteiger charge is 2.13. The van der Waals surface area contributed by atoms with E-state index in [1.807, 2.05) is 10.8 Å². The van der Waals surface area contributed by atoms with Crippen molar-refractivity contribution in [1.29, 1.82) is 0 Å². The third-order valence-electron chi connectivity index (χ3n) is 3.09. The minimum atomic E-state index is -0.256. The second kappa shape index (κ2) is 6.74. The summed E-state index contributed by atoms with van der Waals surface area (Å²) in [5, 5.41) is 2.81. The van der Waals surface area contributed by atoms with Crippen LogP contribution in [0.4, 0.5) is 0 Å². The van der Waals surface area contributed by atoms with Crippen molar-refractivity contribution in [2.24, 2.45) is 7.05 Å². The Labute approximate surface area is 122 Å². The van der Waals surface area contributed by atoms with E-state index in [1.54, 1.807) is 19.6 Å². The third kappa shape index (κ3) is 3.71. The van der Waals surface area contributed by atoms with Crippen molar-refractivity contribution in [1.82, 2.24) is 19.4 Å². The lowest BCUT2D eigenvalue weighted by Crippen LogP contribution is -2.28. The lowest BCUT2D eigenvalue weighted by atomic mass is 10.2. The van der Waals surface area contributed by atoms with Gasteiger partial charge >= 0.3 is 0 Å². The highest BCUT2D eigenvalue weighted by atomic mass is 16.5. The minimum Gasteiger partial charge on any atom is -0.496 e. The predicted molar refractivity (Wildman–Crippen MR) is 77.4 cm³/mol. The topological polar surface area (TPSA) is 78.1 Å². The summed E-state index contributed by atoms with van der Waals surface area (Å²) < 4.78 is 8.37. The fourth-order valence-corrected chi connectivity index (χ4v) is 1.93. The zero-order valence-corrected chi connectivity index (χ0v) is 12.1. The summed E-state index contributed by atoms with van der Waals surface area (Å²) >= 11 is 0. The Morgan fingerprint density at radius 3 is 2.95 bits per heavy atom. The highest BCUT2D eigenvalue weighted by Crippen LogP contribution is 2.14. The highest BCUT2D eigenvalue weighted by molar-refractivity contribution is 5.96. The SMILES string of the molecule is COc1cc(=O)n(C)cc1C(=O)NCCCn1ccnc1. The molecule has 2 aromatic heterocycles. The molecule has 0 bridgehead atoms. The molecule has 1 amide bonds. The summed E-state index contributed by atoms with van der Waals surface area (Å²) in [6, 6.07) is 1.31. The Hall–Kier alpha value is -2.57. The van der Waals surface area contributed by atoms with Crippen LogP contribution < -0.4 is 15.6 Å². The predicted octanol–water partition coefficient (Wildman–Crippen LogP) is 0.410. The average molecular weight is 290 g/mol. The van der Waals surface area contributed by atoms with Crippen molar-refractivity contribution < 1.29 is 9.53 Å². The monoisotopic (exact) mass is 290 g/mol. The zero-order valence-electron chi connectivity index (χ0n) is 12.1. The number of methoxy groups -OCH3 is 1. The average Bonchev–Trinajstić information content (AvgIpc) is 2.99. The molecule has 2 rings (SSSR count). The van der Waals surface area contributed by atoms with E-state index in [-0.39, 0.29) is 17.2 Å². The van der Waals surface area contributed by atoms with Crippen LogP contribution in [0.1, 0.15) is 16.8 Å². The van der Waals surface area contributed by atoms with Crippen molar-refractivity contribution in [3.05, 3.63) is 46.9 Å². The summed E-state index contributed by atoms with van der Waals surface area (Å²) in [6.45, 7) is 1.31. The summed E-state index contributed by atoms with van der Waals surface area (Å²) in [4.78, 5) is 27.6. The van der Waals surface area contributed by atoms with Gasteiger partial charge in [0.2, 0.25) is 0 Å². The number of amides is 1. The van der Waals surface area contributed by atoms with Gasteiger partial charge in [-0.05, 0) is 6.42 Å². The van der Waals surface area contributed by atoms with Gasteiger partial charge in [-0.15, -0.1) is 0 Å². The van der Waals surface area contributed by atoms with E-state index in [0.29, 0.717) is 12.1 Å². The number of carbonyl (C=O) groups excluding carboxylic acids is 1. The maximum atomic E-state index is 12.1. The van der Waals surface area contributed by atoms with Gasteiger partial charge in [-0.1, -0.05) is 0 Å². The van der Waals surface area contributed by atoms with Crippen molar-refractivity contribution >= 4 is 5.91 Å². The quantitative estimate of drug-likeness (QED) is 0.782. The molecule has 0 aromatic carbocycles. The van der Waals surface area contributed by atoms with Crippen LogP contribution in [0, 0.1) is 0 Å². The zero-order chi connectivity index (χ0) is 15.2. The van der Waals surface area contributed by atoms with Gasteiger partial charge < -0.3 is 19.2 Å². The third-order valence-corrected chi connectivity index (χ3v) is 3.09. The molecule has 21 heavy (non-hydrogen) atoms. The van der Waals surface area contributed by atoms with Crippen molar-refractivity contribution in [2.75, 3.05) is 13.7 Å². The molecule has 0 atom stereocenters. The van der Waals surface area contributed by atoms with E-state index in [0.717, 1.165) is 13.0 Å². The first-order chi connectivity index (χ1) is 10.1. The normalized spacial score (nSPS) is 10.4. The molecule has 0 aliphatic carbocycles. The first kappa shape index (κ1) is 14.8. The molecule has 0 saturated heterocycles. The molecule has 7 nitrogen and oxygen atoms in total. The number of carbonyl (C=O) groups is 1. The van der Waals surface area contributed by atoms with E-state index < -0.39 is 0 Å². The van der Waals surface area contributed by atoms with Crippen LogP contribution in [-0.2, 0) is 13.6 Å². The summed E-state index contributed by atoms with van der Waals surface area (Å²) in [5.74, 6) is 0.0262. The maximum Gasteiger partial charge on any atom is 0.256 e. The standard InChI is InChI=1S/C14H18N4O3/c1-17-9-11(12(21-2)8-13(17)19)14(20)16-4-3-6-18-7-5-15-10-18/h5,7-10H,3-4,6H2,1-2H3,(H,16,20). The van der Waals surface area contributed by atoms with Gasteiger partial charge in [0.15, 0.2) is 0 Å². The van der Waals surface area contributed by atoms with Crippen LogP contribution in [0.15, 0.2) is 35.8 Å². The number of aryl methyl sites for hydroxylation is 2. The number of pyridine rings is 1. The van der Waals surface area contributed by atoms with Gasteiger partial charge in [-0.25, -0.2) is 4.98 Å². The minimum absolute atomic E-state index is 0.219. The van der Waals surface area contributed by atoms with Crippen molar-refractivity contribution in [2.45, 2.75) is 13.0 Å². The van der Waals surface area contributed by atoms with Crippen LogP contribution in [0.25, 0.3) is 0 Å². The van der Waals surface area contributed by atoms with E-state index in [2.05, 4.69) is 10.3 Å². The first-order valence-corrected chi connectivity index (χ1v) is 6.60. The molecule has 2 aromatic rings. The molecule has 0 saturated carbocycles. The number of hydrogen-bond donors (Lipinski definition) is 1. The van der Waals surface area contributed by atoms with E-state index in [4.69, 9.17) is 4.74 Å². The molecule has 1 N–H and O–H groups in total. The number of nitrogens with zero attached hydrogens (tertiary/aromatic N) is 3. The van der Waals surface area contributed by atoms with Gasteiger partial charge in [0, 0.05) is 44.8 Å². The molecule has 0 unspecified atom stereocenters. The molecule has 0 aliphatic rings. The number of imidazole rings is 1. The second-order valence-corrected chi connectivity index (χ2v) is 4.61. The summed E-state index contributed by atoms with van der Waals surface area (Å²) in [7, 11) is 3.03. The molecule has 0 radical (unpaired) electrons. The Morgan fingerprint density at radius 2 is 2.29 bits per heavy atom. The Morgan fingerprint density at radius 1 is 1.48 bits per heavy atom. The summed E-state index contributed by atoms with van der Waals surface area (Å²) in [6.07, 6.45) is 7.59. The maximum absolute atomic E-state index is 12.1. The largest absolute Gasteiger partial charge is 0.496 e. The second-order valence-electron chi connectivity index (χ2n) is 4.61. The first-order valence-electron chi connectivity index (χ1n) is 6.60. The van der Waals surface area contributed by atoms with E-state index in [9.17, 15) is 9.59 Å². The smallest absolute Gasteiger partial charge is 0.256 e. The van der Waals surface area contributed by atoms with E-state index in [1.165, 1.54) is 23.9 Å². The molecular weight excluding hydrogens is 272 g/mol. The molecule has 0 aliphatic heterocycles. The van der Waals surface area contributed by atoms with Crippen LogP contribution >= 0.6 is 0 Å². The van der Waals surface area contributed by atoms with Gasteiger partial charge in [0.25, 0.3) is 11.5 Å². The lowest BCUT2D eigenvalue weighted by molar-refractivity contribution is 0.0949. The molecule has 112 valence electrons. The van der Waals surface area contributed by atoms with Crippen LogP contribution in [0.5, 0.6) is 5.75 Å². The summed E-state index contributed by atoms with van der Waals surface area (Å²) in [5.41, 5.74) is 0.130. The number of ether oxygens (including phenoxy) is 1. The molecule has 0 fully saturated rings. The molecule has 2 heterocycles. The fourth-order valence-electron chi connectivity index (χ4n) is 1.93. The van der Waals surface area contributed by atoms with Gasteiger partial charge in [0.1, 0.15) is 5.75 Å². The van der Waals surface area contributed by atoms with Crippen LogP contribution in [0.3, 0.4) is 0 Å². The van der Waals surface area contributed by atoms with Crippen LogP contribution in [-0.4, -0.2) is 33.7 Å². The number of nitrogens with one attached hydrogen (secondary N) is 1. The van der Waals surface area contributed by atoms with Gasteiger partial charge in [-0.2, -0.15) is 0 Å². The van der Waals surface area contributed by atoms with Gasteiger partial charge in [-0.3, -0.25) is 9.59 Å². The Kier molecular flexibility index (Phi) is 4.76. The molecule has 0 spiro atoms. The number of hydrogen-bond acceptors (Lipinski definition) is 4. The van der Waals surface area contributed by atoms with Crippen LogP contribution in [0.2, 0.25) is 0 Å². The molecular formula is C14H18N4O3. The van der Waals surface area contributed by atoms with E-state index >= 15 is 0 Å². The molecule has 7 heteroatoms. The van der Waals surface area contributed by atoms with Crippen molar-refractivity contribution in [3.8, 4) is 5.75 Å². The fraction of sp³-hybridized carbons (Fsp3) is 0.357. The Balaban J connectivity index is 1.94. The van der Waals surface area contributed by atoms with Crippen molar-refractivity contribution in [3.63, 3.8) is 0 Å². The Bertz CT molecular complexity index is 661. The number of aromatic nitrogens is 3.